The lowest BCUT2D eigenvalue weighted by atomic mass is 9.94. The third-order valence-corrected chi connectivity index (χ3v) is 3.90. The highest BCUT2D eigenvalue weighted by molar-refractivity contribution is 5.63. The quantitative estimate of drug-likeness (QED) is 0.904. The maximum Gasteiger partial charge on any atom is 0.121 e. The first-order valence-corrected chi connectivity index (χ1v) is 6.77. The Hall–Kier alpha value is -1.73. The first-order valence-electron chi connectivity index (χ1n) is 6.77. The van der Waals surface area contributed by atoms with Crippen LogP contribution in [-0.2, 0) is 0 Å². The van der Waals surface area contributed by atoms with Gasteiger partial charge in [0.05, 0.1) is 18.4 Å². The Bertz CT molecular complexity index is 481. The minimum absolute atomic E-state index is 0.308. The Balaban J connectivity index is 2.45. The lowest BCUT2D eigenvalue weighted by molar-refractivity contribution is 0.396. The molecule has 1 heterocycles. The molecule has 0 amide bonds. The standard InChI is InChI=1S/C15H21N3O/c1-11-4-3-5-13(10-17)18(11)15-8-14(19-2)7-6-12(15)9-16/h6-8,11,13H,3-5,10,17H2,1-2H3. The zero-order valence-electron chi connectivity index (χ0n) is 11.6. The molecule has 0 bridgehead atoms. The van der Waals surface area contributed by atoms with E-state index in [1.165, 1.54) is 6.42 Å². The number of rotatable bonds is 3. The number of nitrogens with zero attached hydrogens (tertiary/aromatic N) is 2. The zero-order valence-corrected chi connectivity index (χ0v) is 11.6. The van der Waals surface area contributed by atoms with E-state index in [9.17, 15) is 5.26 Å². The van der Waals surface area contributed by atoms with E-state index in [0.29, 0.717) is 24.2 Å². The van der Waals surface area contributed by atoms with Crippen molar-refractivity contribution in [2.45, 2.75) is 38.3 Å². The summed E-state index contributed by atoms with van der Waals surface area (Å²) in [6.45, 7) is 2.81. The molecule has 2 rings (SSSR count). The van der Waals surface area contributed by atoms with Crippen molar-refractivity contribution in [1.29, 1.82) is 5.26 Å². The van der Waals surface area contributed by atoms with Gasteiger partial charge < -0.3 is 15.4 Å². The molecule has 1 fully saturated rings. The molecule has 0 saturated carbocycles. The van der Waals surface area contributed by atoms with Gasteiger partial charge in [-0.25, -0.2) is 0 Å². The second-order valence-electron chi connectivity index (χ2n) is 5.07. The molecule has 2 unspecified atom stereocenters. The molecular formula is C15H21N3O. The largest absolute Gasteiger partial charge is 0.497 e. The van der Waals surface area contributed by atoms with Gasteiger partial charge in [0.1, 0.15) is 11.8 Å². The molecule has 0 aromatic heterocycles. The van der Waals surface area contributed by atoms with Gasteiger partial charge >= 0.3 is 0 Å². The highest BCUT2D eigenvalue weighted by atomic mass is 16.5. The van der Waals surface area contributed by atoms with Crippen LogP contribution in [0.15, 0.2) is 18.2 Å². The van der Waals surface area contributed by atoms with E-state index in [1.807, 2.05) is 18.2 Å². The Labute approximate surface area is 114 Å². The summed E-state index contributed by atoms with van der Waals surface area (Å²) in [6, 6.07) is 8.58. The predicted molar refractivity (Wildman–Crippen MR) is 76.3 cm³/mol. The van der Waals surface area contributed by atoms with Gasteiger partial charge in [-0.1, -0.05) is 0 Å². The summed E-state index contributed by atoms with van der Waals surface area (Å²) in [5.41, 5.74) is 7.54. The first-order chi connectivity index (χ1) is 9.21. The van der Waals surface area contributed by atoms with Gasteiger partial charge in [0.2, 0.25) is 0 Å². The van der Waals surface area contributed by atoms with Crippen molar-refractivity contribution in [1.82, 2.24) is 0 Å². The van der Waals surface area contributed by atoms with E-state index < -0.39 is 0 Å². The van der Waals surface area contributed by atoms with Crippen LogP contribution in [0.2, 0.25) is 0 Å². The molecule has 1 aromatic rings. The van der Waals surface area contributed by atoms with Crippen molar-refractivity contribution in [3.8, 4) is 11.8 Å². The van der Waals surface area contributed by atoms with Gasteiger partial charge in [0, 0.05) is 24.7 Å². The summed E-state index contributed by atoms with van der Waals surface area (Å²) in [5.74, 6) is 0.780. The molecule has 102 valence electrons. The van der Waals surface area contributed by atoms with Crippen molar-refractivity contribution >= 4 is 5.69 Å². The second-order valence-corrected chi connectivity index (χ2v) is 5.07. The van der Waals surface area contributed by atoms with Crippen LogP contribution in [0, 0.1) is 11.3 Å². The van der Waals surface area contributed by atoms with Gasteiger partial charge in [0.15, 0.2) is 0 Å². The maximum atomic E-state index is 9.31. The third-order valence-electron chi connectivity index (χ3n) is 3.90. The molecule has 0 aliphatic carbocycles. The summed E-state index contributed by atoms with van der Waals surface area (Å²) in [7, 11) is 1.64. The molecule has 4 heteroatoms. The van der Waals surface area contributed by atoms with Crippen molar-refractivity contribution in [2.75, 3.05) is 18.6 Å². The van der Waals surface area contributed by atoms with E-state index in [0.717, 1.165) is 24.3 Å². The minimum Gasteiger partial charge on any atom is -0.497 e. The number of nitriles is 1. The predicted octanol–water partition coefficient (Wildman–Crippen LogP) is 2.27. The van der Waals surface area contributed by atoms with Crippen LogP contribution >= 0.6 is 0 Å². The third kappa shape index (κ3) is 2.66. The second kappa shape index (κ2) is 5.94. The normalized spacial score (nSPS) is 22.9. The smallest absolute Gasteiger partial charge is 0.121 e. The monoisotopic (exact) mass is 259 g/mol. The molecule has 1 aliphatic rings. The summed E-state index contributed by atoms with van der Waals surface area (Å²) in [5, 5.41) is 9.31. The number of ether oxygens (including phenoxy) is 1. The molecule has 19 heavy (non-hydrogen) atoms. The van der Waals surface area contributed by atoms with Crippen LogP contribution in [0.4, 0.5) is 5.69 Å². The Morgan fingerprint density at radius 3 is 2.89 bits per heavy atom. The molecule has 2 N–H and O–H groups in total. The van der Waals surface area contributed by atoms with Crippen molar-refractivity contribution in [2.24, 2.45) is 5.73 Å². The van der Waals surface area contributed by atoms with Gasteiger partial charge in [-0.05, 0) is 38.3 Å². The van der Waals surface area contributed by atoms with Gasteiger partial charge in [-0.15, -0.1) is 0 Å². The maximum absolute atomic E-state index is 9.31. The fourth-order valence-corrected chi connectivity index (χ4v) is 2.90. The van der Waals surface area contributed by atoms with E-state index in [-0.39, 0.29) is 0 Å². The first kappa shape index (κ1) is 13.7. The van der Waals surface area contributed by atoms with Crippen LogP contribution in [0.25, 0.3) is 0 Å². The van der Waals surface area contributed by atoms with Gasteiger partial charge in [-0.3, -0.25) is 0 Å². The van der Waals surface area contributed by atoms with E-state index >= 15 is 0 Å². The topological polar surface area (TPSA) is 62.3 Å². The fourth-order valence-electron chi connectivity index (χ4n) is 2.90. The lowest BCUT2D eigenvalue weighted by Crippen LogP contribution is -2.49. The Kier molecular flexibility index (Phi) is 4.28. The molecule has 1 aliphatic heterocycles. The number of benzene rings is 1. The molecule has 4 nitrogen and oxygen atoms in total. The summed E-state index contributed by atoms with van der Waals surface area (Å²) < 4.78 is 5.28. The number of anilines is 1. The minimum atomic E-state index is 0.308. The lowest BCUT2D eigenvalue weighted by Gasteiger charge is -2.42. The van der Waals surface area contributed by atoms with Crippen LogP contribution in [0.3, 0.4) is 0 Å². The molecule has 1 saturated heterocycles. The molecule has 2 atom stereocenters. The summed E-state index contributed by atoms with van der Waals surface area (Å²) in [4.78, 5) is 2.30. The molecule has 0 spiro atoms. The number of piperidine rings is 1. The van der Waals surface area contributed by atoms with Crippen LogP contribution < -0.4 is 15.4 Å². The molecular weight excluding hydrogens is 238 g/mol. The highest BCUT2D eigenvalue weighted by Gasteiger charge is 2.28. The zero-order chi connectivity index (χ0) is 13.8. The average molecular weight is 259 g/mol. The van der Waals surface area contributed by atoms with Gasteiger partial charge in [-0.2, -0.15) is 5.26 Å². The van der Waals surface area contributed by atoms with Crippen molar-refractivity contribution in [3.63, 3.8) is 0 Å². The van der Waals surface area contributed by atoms with Crippen LogP contribution in [0.1, 0.15) is 31.7 Å². The summed E-state index contributed by atoms with van der Waals surface area (Å²) in [6.07, 6.45) is 3.42. The number of hydrogen-bond donors (Lipinski definition) is 1. The number of hydrogen-bond acceptors (Lipinski definition) is 4. The Morgan fingerprint density at radius 2 is 2.26 bits per heavy atom. The Morgan fingerprint density at radius 1 is 1.47 bits per heavy atom. The SMILES string of the molecule is COc1ccc(C#N)c(N2C(C)CCCC2CN)c1. The van der Waals surface area contributed by atoms with Crippen LogP contribution in [-0.4, -0.2) is 25.7 Å². The highest BCUT2D eigenvalue weighted by Crippen LogP contribution is 2.33. The van der Waals surface area contributed by atoms with E-state index in [4.69, 9.17) is 10.5 Å². The summed E-state index contributed by atoms with van der Waals surface area (Å²) >= 11 is 0. The van der Waals surface area contributed by atoms with E-state index in [1.54, 1.807) is 7.11 Å². The molecule has 0 radical (unpaired) electrons. The van der Waals surface area contributed by atoms with Crippen LogP contribution in [0.5, 0.6) is 5.75 Å². The molecule has 1 aromatic carbocycles. The number of nitrogens with two attached hydrogens (primary N) is 1. The van der Waals surface area contributed by atoms with E-state index in [2.05, 4.69) is 17.9 Å². The van der Waals surface area contributed by atoms with Crippen molar-refractivity contribution < 1.29 is 4.74 Å². The number of methoxy groups -OCH3 is 1. The fraction of sp³-hybridized carbons (Fsp3) is 0.533. The average Bonchev–Trinajstić information content (AvgIpc) is 2.46. The van der Waals surface area contributed by atoms with Gasteiger partial charge in [0.25, 0.3) is 0 Å². The van der Waals surface area contributed by atoms with Crippen molar-refractivity contribution in [3.05, 3.63) is 23.8 Å².